The van der Waals surface area contributed by atoms with E-state index in [1.165, 1.54) is 6.07 Å². The van der Waals surface area contributed by atoms with Crippen LogP contribution in [0, 0.1) is 18.6 Å². The summed E-state index contributed by atoms with van der Waals surface area (Å²) in [6.07, 6.45) is 0. The van der Waals surface area contributed by atoms with Crippen molar-refractivity contribution in [1.29, 1.82) is 0 Å². The number of nitrogens with two attached hydrogens (primary N) is 1. The van der Waals surface area contributed by atoms with Gasteiger partial charge in [-0.1, -0.05) is 12.1 Å². The minimum Gasteiger partial charge on any atom is -0.398 e. The van der Waals surface area contributed by atoms with Crippen LogP contribution in [0.2, 0.25) is 0 Å². The van der Waals surface area contributed by atoms with Crippen molar-refractivity contribution in [1.82, 2.24) is 5.32 Å². The van der Waals surface area contributed by atoms with Gasteiger partial charge in [0.2, 0.25) is 0 Å². The number of hydrogen-bond donors (Lipinski definition) is 2. The normalized spacial score (nSPS) is 10.3. The molecule has 0 spiro atoms. The summed E-state index contributed by atoms with van der Waals surface area (Å²) < 4.78 is 26.2. The van der Waals surface area contributed by atoms with Crippen molar-refractivity contribution < 1.29 is 13.6 Å². The molecule has 0 bridgehead atoms. The fourth-order valence-electron chi connectivity index (χ4n) is 1.84. The molecule has 3 N–H and O–H groups in total. The van der Waals surface area contributed by atoms with Gasteiger partial charge in [0.25, 0.3) is 5.91 Å². The number of benzene rings is 2. The summed E-state index contributed by atoms with van der Waals surface area (Å²) in [6, 6.07) is 8.25. The SMILES string of the molecule is Cc1c(N)cccc1C(=O)NCc1ccc(F)cc1F. The molecule has 0 saturated heterocycles. The number of nitrogens with one attached hydrogen (secondary N) is 1. The first-order valence-electron chi connectivity index (χ1n) is 6.06. The molecular weight excluding hydrogens is 262 g/mol. The smallest absolute Gasteiger partial charge is 0.251 e. The number of amides is 1. The van der Waals surface area contributed by atoms with Gasteiger partial charge in [-0.3, -0.25) is 4.79 Å². The lowest BCUT2D eigenvalue weighted by Gasteiger charge is -2.10. The van der Waals surface area contributed by atoms with Crippen molar-refractivity contribution >= 4 is 11.6 Å². The molecule has 0 aliphatic carbocycles. The van der Waals surface area contributed by atoms with E-state index in [-0.39, 0.29) is 18.0 Å². The zero-order valence-electron chi connectivity index (χ0n) is 10.9. The molecule has 5 heteroatoms. The molecule has 0 aliphatic heterocycles. The van der Waals surface area contributed by atoms with Crippen molar-refractivity contribution in [2.75, 3.05) is 5.73 Å². The summed E-state index contributed by atoms with van der Waals surface area (Å²) in [6.45, 7) is 1.72. The Bertz CT molecular complexity index is 656. The molecule has 20 heavy (non-hydrogen) atoms. The van der Waals surface area contributed by atoms with Gasteiger partial charge in [0.15, 0.2) is 0 Å². The predicted octanol–water partition coefficient (Wildman–Crippen LogP) is 2.79. The van der Waals surface area contributed by atoms with E-state index < -0.39 is 11.6 Å². The Balaban J connectivity index is 2.11. The van der Waals surface area contributed by atoms with Crippen LogP contribution in [-0.4, -0.2) is 5.91 Å². The lowest BCUT2D eigenvalue weighted by molar-refractivity contribution is 0.0950. The molecule has 0 saturated carbocycles. The number of halogens is 2. The number of carbonyl (C=O) groups is 1. The van der Waals surface area contributed by atoms with Gasteiger partial charge >= 0.3 is 0 Å². The molecule has 0 unspecified atom stereocenters. The van der Waals surface area contributed by atoms with Gasteiger partial charge in [0.05, 0.1) is 0 Å². The number of anilines is 1. The second kappa shape index (κ2) is 5.69. The summed E-state index contributed by atoms with van der Waals surface area (Å²) in [5.74, 6) is -1.68. The summed E-state index contributed by atoms with van der Waals surface area (Å²) in [7, 11) is 0. The molecule has 2 aromatic rings. The Morgan fingerprint density at radius 3 is 2.70 bits per heavy atom. The first kappa shape index (κ1) is 14.0. The largest absolute Gasteiger partial charge is 0.398 e. The van der Waals surface area contributed by atoms with E-state index >= 15 is 0 Å². The zero-order chi connectivity index (χ0) is 14.7. The van der Waals surface area contributed by atoms with Crippen LogP contribution >= 0.6 is 0 Å². The second-order valence-corrected chi connectivity index (χ2v) is 4.44. The zero-order valence-corrected chi connectivity index (χ0v) is 10.9. The summed E-state index contributed by atoms with van der Waals surface area (Å²) in [5, 5.41) is 2.59. The monoisotopic (exact) mass is 276 g/mol. The van der Waals surface area contributed by atoms with Gasteiger partial charge in [-0.25, -0.2) is 8.78 Å². The quantitative estimate of drug-likeness (QED) is 0.847. The highest BCUT2D eigenvalue weighted by atomic mass is 19.1. The third kappa shape index (κ3) is 2.93. The van der Waals surface area contributed by atoms with E-state index in [1.807, 2.05) is 0 Å². The lowest BCUT2D eigenvalue weighted by Crippen LogP contribution is -2.24. The molecule has 3 nitrogen and oxygen atoms in total. The Kier molecular flexibility index (Phi) is 3.98. The average molecular weight is 276 g/mol. The van der Waals surface area contributed by atoms with Crippen LogP contribution in [0.3, 0.4) is 0 Å². The van der Waals surface area contributed by atoms with E-state index in [0.29, 0.717) is 16.8 Å². The minimum atomic E-state index is -0.686. The molecule has 2 aromatic carbocycles. The van der Waals surface area contributed by atoms with E-state index in [9.17, 15) is 13.6 Å². The van der Waals surface area contributed by atoms with Crippen LogP contribution < -0.4 is 11.1 Å². The summed E-state index contributed by atoms with van der Waals surface area (Å²) in [5.41, 5.74) is 7.58. The molecule has 0 aliphatic rings. The van der Waals surface area contributed by atoms with Crippen LogP contribution in [0.15, 0.2) is 36.4 Å². The molecule has 0 aromatic heterocycles. The maximum absolute atomic E-state index is 13.4. The Morgan fingerprint density at radius 1 is 1.25 bits per heavy atom. The van der Waals surface area contributed by atoms with Crippen LogP contribution in [0.4, 0.5) is 14.5 Å². The highest BCUT2D eigenvalue weighted by Crippen LogP contribution is 2.16. The van der Waals surface area contributed by atoms with Crippen molar-refractivity contribution in [3.63, 3.8) is 0 Å². The third-order valence-corrected chi connectivity index (χ3v) is 3.07. The van der Waals surface area contributed by atoms with Gasteiger partial charge in [0, 0.05) is 29.4 Å². The van der Waals surface area contributed by atoms with Gasteiger partial charge in [-0.05, 0) is 30.7 Å². The number of hydrogen-bond acceptors (Lipinski definition) is 2. The Labute approximate surface area is 115 Å². The fourth-order valence-corrected chi connectivity index (χ4v) is 1.84. The van der Waals surface area contributed by atoms with Gasteiger partial charge in [-0.2, -0.15) is 0 Å². The minimum absolute atomic E-state index is 0.0147. The van der Waals surface area contributed by atoms with Crippen molar-refractivity contribution in [2.45, 2.75) is 13.5 Å². The molecule has 1 amide bonds. The van der Waals surface area contributed by atoms with Gasteiger partial charge in [-0.15, -0.1) is 0 Å². The number of nitrogen functional groups attached to an aromatic ring is 1. The fraction of sp³-hybridized carbons (Fsp3) is 0.133. The standard InChI is InChI=1S/C15H14F2N2O/c1-9-12(3-2-4-14(9)18)15(20)19-8-10-5-6-11(16)7-13(10)17/h2-7H,8,18H2,1H3,(H,19,20). The first-order valence-corrected chi connectivity index (χ1v) is 6.06. The molecular formula is C15H14F2N2O. The van der Waals surface area contributed by atoms with Crippen molar-refractivity contribution in [3.05, 3.63) is 64.7 Å². The lowest BCUT2D eigenvalue weighted by atomic mass is 10.1. The highest BCUT2D eigenvalue weighted by Gasteiger charge is 2.11. The maximum Gasteiger partial charge on any atom is 0.251 e. The van der Waals surface area contributed by atoms with Crippen LogP contribution in [0.25, 0.3) is 0 Å². The number of rotatable bonds is 3. The van der Waals surface area contributed by atoms with E-state index in [2.05, 4.69) is 5.32 Å². The van der Waals surface area contributed by atoms with Crippen LogP contribution in [0.1, 0.15) is 21.5 Å². The van der Waals surface area contributed by atoms with E-state index in [0.717, 1.165) is 12.1 Å². The molecule has 2 rings (SSSR count). The first-order chi connectivity index (χ1) is 9.49. The van der Waals surface area contributed by atoms with Crippen molar-refractivity contribution in [2.24, 2.45) is 0 Å². The number of carbonyl (C=O) groups excluding carboxylic acids is 1. The van der Waals surface area contributed by atoms with Gasteiger partial charge < -0.3 is 11.1 Å². The summed E-state index contributed by atoms with van der Waals surface area (Å²) in [4.78, 5) is 12.0. The molecule has 0 atom stereocenters. The van der Waals surface area contributed by atoms with E-state index in [1.54, 1.807) is 25.1 Å². The molecule has 0 heterocycles. The summed E-state index contributed by atoms with van der Waals surface area (Å²) >= 11 is 0. The average Bonchev–Trinajstić information content (AvgIpc) is 2.40. The van der Waals surface area contributed by atoms with Crippen molar-refractivity contribution in [3.8, 4) is 0 Å². The van der Waals surface area contributed by atoms with Crippen LogP contribution in [-0.2, 0) is 6.54 Å². The van der Waals surface area contributed by atoms with E-state index in [4.69, 9.17) is 5.73 Å². The Hall–Kier alpha value is -2.43. The maximum atomic E-state index is 13.4. The predicted molar refractivity (Wildman–Crippen MR) is 73.1 cm³/mol. The van der Waals surface area contributed by atoms with Gasteiger partial charge in [0.1, 0.15) is 11.6 Å². The third-order valence-electron chi connectivity index (χ3n) is 3.07. The molecule has 0 radical (unpaired) electrons. The molecule has 0 fully saturated rings. The Morgan fingerprint density at radius 2 is 2.00 bits per heavy atom. The van der Waals surface area contributed by atoms with Crippen LogP contribution in [0.5, 0.6) is 0 Å². The topological polar surface area (TPSA) is 55.1 Å². The molecule has 104 valence electrons. The second-order valence-electron chi connectivity index (χ2n) is 4.44. The highest BCUT2D eigenvalue weighted by molar-refractivity contribution is 5.96.